The molecule has 1 atom stereocenters. The molecule has 1 heterocycles. The molecule has 1 aromatic rings. The number of anilines is 1. The maximum atomic E-state index is 13.3. The van der Waals surface area contributed by atoms with Crippen molar-refractivity contribution in [3.8, 4) is 0 Å². The van der Waals surface area contributed by atoms with Crippen LogP contribution in [-0.4, -0.2) is 30.6 Å². The van der Waals surface area contributed by atoms with Crippen molar-refractivity contribution in [1.82, 2.24) is 4.90 Å². The molecule has 19 heavy (non-hydrogen) atoms. The van der Waals surface area contributed by atoms with Crippen molar-refractivity contribution in [3.05, 3.63) is 28.5 Å². The van der Waals surface area contributed by atoms with Crippen molar-refractivity contribution in [2.45, 2.75) is 38.6 Å². The van der Waals surface area contributed by atoms with Gasteiger partial charge in [0.2, 0.25) is 0 Å². The largest absolute Gasteiger partial charge is 0.381 e. The fraction of sp³-hybridized carbons (Fsp3) is 0.600. The summed E-state index contributed by atoms with van der Waals surface area (Å²) >= 11 is 3.47. The Hall–Kier alpha value is -0.610. The van der Waals surface area contributed by atoms with Crippen LogP contribution in [0.2, 0.25) is 0 Å². The molecule has 1 fully saturated rings. The predicted octanol–water partition coefficient (Wildman–Crippen LogP) is 4.26. The van der Waals surface area contributed by atoms with Crippen molar-refractivity contribution in [3.63, 3.8) is 0 Å². The van der Waals surface area contributed by atoms with Gasteiger partial charge in [0.25, 0.3) is 0 Å². The van der Waals surface area contributed by atoms with Crippen LogP contribution in [0, 0.1) is 5.82 Å². The van der Waals surface area contributed by atoms with Gasteiger partial charge in [-0.15, -0.1) is 0 Å². The van der Waals surface area contributed by atoms with Crippen molar-refractivity contribution < 1.29 is 4.39 Å². The summed E-state index contributed by atoms with van der Waals surface area (Å²) in [5.74, 6) is -0.188. The lowest BCUT2D eigenvalue weighted by Gasteiger charge is -2.20. The highest BCUT2D eigenvalue weighted by Gasteiger charge is 2.17. The summed E-state index contributed by atoms with van der Waals surface area (Å²) in [6, 6.07) is 5.25. The van der Waals surface area contributed by atoms with E-state index in [4.69, 9.17) is 0 Å². The van der Waals surface area contributed by atoms with Gasteiger partial charge < -0.3 is 10.2 Å². The Bertz CT molecular complexity index is 411. The van der Waals surface area contributed by atoms with Gasteiger partial charge in [0.15, 0.2) is 0 Å². The molecule has 0 radical (unpaired) electrons. The quantitative estimate of drug-likeness (QED) is 0.888. The van der Waals surface area contributed by atoms with Gasteiger partial charge in [-0.1, -0.05) is 6.92 Å². The summed E-state index contributed by atoms with van der Waals surface area (Å²) in [6.07, 6.45) is 4.71. The van der Waals surface area contributed by atoms with E-state index in [2.05, 4.69) is 33.1 Å². The number of nitrogens with one attached hydrogen (secondary N) is 1. The smallest absolute Gasteiger partial charge is 0.125 e. The number of hydrogen-bond acceptors (Lipinski definition) is 2. The Morgan fingerprint density at radius 3 is 3.00 bits per heavy atom. The van der Waals surface area contributed by atoms with Crippen molar-refractivity contribution in [2.75, 3.05) is 25.0 Å². The summed E-state index contributed by atoms with van der Waals surface area (Å²) in [5, 5.41) is 3.48. The zero-order valence-corrected chi connectivity index (χ0v) is 13.0. The third kappa shape index (κ3) is 4.46. The molecule has 0 bridgehead atoms. The Balaban J connectivity index is 1.94. The van der Waals surface area contributed by atoms with E-state index in [0.717, 1.165) is 29.5 Å². The average molecular weight is 329 g/mol. The summed E-state index contributed by atoms with van der Waals surface area (Å²) < 4.78 is 14.2. The lowest BCUT2D eigenvalue weighted by Crippen LogP contribution is -2.27. The van der Waals surface area contributed by atoms with Gasteiger partial charge in [0, 0.05) is 17.1 Å². The first kappa shape index (κ1) is 14.8. The molecule has 1 N–H and O–H groups in total. The Labute approximate surface area is 123 Å². The van der Waals surface area contributed by atoms with E-state index in [1.807, 2.05) is 0 Å². The number of likely N-dealkylation sites (tertiary alicyclic amines) is 1. The average Bonchev–Trinajstić information content (AvgIpc) is 2.60. The number of benzene rings is 1. The second-order valence-electron chi connectivity index (χ2n) is 5.24. The molecule has 1 aliphatic heterocycles. The van der Waals surface area contributed by atoms with E-state index in [-0.39, 0.29) is 5.82 Å². The number of nitrogens with zero attached hydrogens (tertiary/aromatic N) is 1. The van der Waals surface area contributed by atoms with Gasteiger partial charge in [-0.05, 0) is 72.9 Å². The fourth-order valence-corrected chi connectivity index (χ4v) is 3.03. The van der Waals surface area contributed by atoms with Gasteiger partial charge in [-0.25, -0.2) is 4.39 Å². The van der Waals surface area contributed by atoms with Crippen LogP contribution in [0.25, 0.3) is 0 Å². The van der Waals surface area contributed by atoms with E-state index in [9.17, 15) is 4.39 Å². The van der Waals surface area contributed by atoms with Crippen molar-refractivity contribution in [1.29, 1.82) is 0 Å². The highest BCUT2D eigenvalue weighted by molar-refractivity contribution is 9.10. The second-order valence-corrected chi connectivity index (χ2v) is 6.09. The maximum absolute atomic E-state index is 13.3. The second kappa shape index (κ2) is 7.25. The lowest BCUT2D eigenvalue weighted by atomic mass is 10.1. The number of halogens is 2. The minimum absolute atomic E-state index is 0.188. The summed E-state index contributed by atoms with van der Waals surface area (Å²) in [7, 11) is 0. The SMILES string of the molecule is CCCN1CCCC(Nc2cc(F)ccc2Br)CC1. The highest BCUT2D eigenvalue weighted by atomic mass is 79.9. The molecule has 0 spiro atoms. The molecule has 4 heteroatoms. The zero-order valence-electron chi connectivity index (χ0n) is 11.5. The standard InChI is InChI=1S/C15H22BrFN2/c1-2-8-19-9-3-4-13(7-10-19)18-15-11-12(17)5-6-14(15)16/h5-6,11,13,18H,2-4,7-10H2,1H3. The highest BCUT2D eigenvalue weighted by Crippen LogP contribution is 2.25. The van der Waals surface area contributed by atoms with Gasteiger partial charge in [0.05, 0.1) is 5.69 Å². The lowest BCUT2D eigenvalue weighted by molar-refractivity contribution is 0.285. The molecule has 1 aromatic carbocycles. The van der Waals surface area contributed by atoms with Crippen LogP contribution in [0.3, 0.4) is 0 Å². The summed E-state index contributed by atoms with van der Waals surface area (Å²) in [6.45, 7) is 5.75. The third-order valence-electron chi connectivity index (χ3n) is 3.65. The number of hydrogen-bond donors (Lipinski definition) is 1. The van der Waals surface area contributed by atoms with E-state index < -0.39 is 0 Å². The topological polar surface area (TPSA) is 15.3 Å². The molecule has 0 amide bonds. The van der Waals surface area contributed by atoms with Crippen LogP contribution in [-0.2, 0) is 0 Å². The van der Waals surface area contributed by atoms with Gasteiger partial charge >= 0.3 is 0 Å². The van der Waals surface area contributed by atoms with E-state index in [1.54, 1.807) is 12.1 Å². The molecule has 0 aromatic heterocycles. The van der Waals surface area contributed by atoms with Crippen LogP contribution >= 0.6 is 15.9 Å². The Morgan fingerprint density at radius 2 is 2.21 bits per heavy atom. The summed E-state index contributed by atoms with van der Waals surface area (Å²) in [4.78, 5) is 2.53. The normalized spacial score (nSPS) is 21.1. The monoisotopic (exact) mass is 328 g/mol. The maximum Gasteiger partial charge on any atom is 0.125 e. The van der Waals surface area contributed by atoms with Crippen molar-refractivity contribution >= 4 is 21.6 Å². The van der Waals surface area contributed by atoms with Crippen LogP contribution < -0.4 is 5.32 Å². The first-order valence-electron chi connectivity index (χ1n) is 7.13. The first-order chi connectivity index (χ1) is 9.19. The molecular weight excluding hydrogens is 307 g/mol. The third-order valence-corrected chi connectivity index (χ3v) is 4.34. The molecule has 2 nitrogen and oxygen atoms in total. The zero-order chi connectivity index (χ0) is 13.7. The van der Waals surface area contributed by atoms with Crippen LogP contribution in [0.15, 0.2) is 22.7 Å². The van der Waals surface area contributed by atoms with E-state index in [0.29, 0.717) is 6.04 Å². The molecule has 0 saturated carbocycles. The molecule has 1 saturated heterocycles. The summed E-state index contributed by atoms with van der Waals surface area (Å²) in [5.41, 5.74) is 0.869. The van der Waals surface area contributed by atoms with E-state index >= 15 is 0 Å². The van der Waals surface area contributed by atoms with Crippen LogP contribution in [0.1, 0.15) is 32.6 Å². The predicted molar refractivity (Wildman–Crippen MR) is 82.1 cm³/mol. The van der Waals surface area contributed by atoms with Gasteiger partial charge in [0.1, 0.15) is 5.82 Å². The molecular formula is C15H22BrFN2. The first-order valence-corrected chi connectivity index (χ1v) is 7.92. The fourth-order valence-electron chi connectivity index (χ4n) is 2.67. The number of rotatable bonds is 4. The van der Waals surface area contributed by atoms with Crippen molar-refractivity contribution in [2.24, 2.45) is 0 Å². The molecule has 1 unspecified atom stereocenters. The van der Waals surface area contributed by atoms with E-state index in [1.165, 1.54) is 32.0 Å². The van der Waals surface area contributed by atoms with Gasteiger partial charge in [-0.3, -0.25) is 0 Å². The van der Waals surface area contributed by atoms with Crippen LogP contribution in [0.5, 0.6) is 0 Å². The van der Waals surface area contributed by atoms with Crippen LogP contribution in [0.4, 0.5) is 10.1 Å². The molecule has 2 rings (SSSR count). The molecule has 0 aliphatic carbocycles. The minimum atomic E-state index is -0.188. The molecule has 1 aliphatic rings. The molecule has 106 valence electrons. The van der Waals surface area contributed by atoms with Gasteiger partial charge in [-0.2, -0.15) is 0 Å². The Kier molecular flexibility index (Phi) is 5.64. The minimum Gasteiger partial charge on any atom is -0.381 e. The Morgan fingerprint density at radius 1 is 1.37 bits per heavy atom.